The minimum atomic E-state index is -3.75. The fourth-order valence-electron chi connectivity index (χ4n) is 1.96. The van der Waals surface area contributed by atoms with E-state index in [4.69, 9.17) is 34.8 Å². The van der Waals surface area contributed by atoms with Crippen LogP contribution in [0, 0.1) is 0 Å². The van der Waals surface area contributed by atoms with Crippen molar-refractivity contribution in [1.29, 1.82) is 0 Å². The molecule has 2 aromatic rings. The molecule has 5 nitrogen and oxygen atoms in total. The average molecular weight is 408 g/mol. The standard InChI is InChI=1S/C15H13Cl3N2O3S/c1-24(22,23)20(13-7-3-6-12(17)15(13)18)9-14(21)19-11-5-2-4-10(16)8-11/h2-8H,9H2,1H3,(H,19,21). The number of carbonyl (C=O) groups excluding carboxylic acids is 1. The topological polar surface area (TPSA) is 66.5 Å². The number of benzene rings is 2. The molecule has 0 bridgehead atoms. The molecule has 0 fully saturated rings. The second kappa shape index (κ2) is 7.61. The van der Waals surface area contributed by atoms with E-state index in [1.165, 1.54) is 12.1 Å². The molecule has 0 atom stereocenters. The normalized spacial score (nSPS) is 11.2. The van der Waals surface area contributed by atoms with Gasteiger partial charge < -0.3 is 5.32 Å². The molecular weight excluding hydrogens is 395 g/mol. The number of hydrogen-bond donors (Lipinski definition) is 1. The number of carbonyl (C=O) groups is 1. The Hall–Kier alpha value is -1.47. The lowest BCUT2D eigenvalue weighted by Crippen LogP contribution is -2.37. The smallest absolute Gasteiger partial charge is 0.245 e. The van der Waals surface area contributed by atoms with Gasteiger partial charge in [0, 0.05) is 10.7 Å². The maximum atomic E-state index is 12.2. The van der Waals surface area contributed by atoms with E-state index in [1.54, 1.807) is 30.3 Å². The molecule has 0 saturated carbocycles. The molecule has 0 aromatic heterocycles. The molecule has 128 valence electrons. The lowest BCUT2D eigenvalue weighted by Gasteiger charge is -2.23. The lowest BCUT2D eigenvalue weighted by molar-refractivity contribution is -0.114. The zero-order chi connectivity index (χ0) is 17.9. The van der Waals surface area contributed by atoms with E-state index in [0.29, 0.717) is 10.7 Å². The van der Waals surface area contributed by atoms with Crippen LogP contribution in [0.1, 0.15) is 0 Å². The van der Waals surface area contributed by atoms with Crippen LogP contribution < -0.4 is 9.62 Å². The molecule has 0 spiro atoms. The highest BCUT2D eigenvalue weighted by Gasteiger charge is 2.24. The Kier molecular flexibility index (Phi) is 5.98. The van der Waals surface area contributed by atoms with Crippen LogP contribution in [0.4, 0.5) is 11.4 Å². The van der Waals surface area contributed by atoms with Gasteiger partial charge >= 0.3 is 0 Å². The summed E-state index contributed by atoms with van der Waals surface area (Å²) in [4.78, 5) is 12.2. The highest BCUT2D eigenvalue weighted by atomic mass is 35.5. The first-order valence-corrected chi connectivity index (χ1v) is 9.64. The summed E-state index contributed by atoms with van der Waals surface area (Å²) in [5.74, 6) is -0.543. The summed E-state index contributed by atoms with van der Waals surface area (Å²) < 4.78 is 25.0. The number of halogens is 3. The van der Waals surface area contributed by atoms with Crippen molar-refractivity contribution in [3.63, 3.8) is 0 Å². The largest absolute Gasteiger partial charge is 0.324 e. The minimum Gasteiger partial charge on any atom is -0.324 e. The summed E-state index contributed by atoms with van der Waals surface area (Å²) in [5, 5.41) is 3.28. The number of anilines is 2. The van der Waals surface area contributed by atoms with Gasteiger partial charge in [-0.25, -0.2) is 8.42 Å². The summed E-state index contributed by atoms with van der Waals surface area (Å²) in [6.07, 6.45) is 0.983. The van der Waals surface area contributed by atoms with Gasteiger partial charge in [0.15, 0.2) is 0 Å². The first-order valence-electron chi connectivity index (χ1n) is 6.65. The first kappa shape index (κ1) is 18.9. The van der Waals surface area contributed by atoms with Crippen LogP contribution in [0.3, 0.4) is 0 Å². The molecule has 0 aliphatic rings. The Bertz CT molecular complexity index is 872. The highest BCUT2D eigenvalue weighted by Crippen LogP contribution is 2.33. The molecule has 2 aromatic carbocycles. The number of hydrogen-bond acceptors (Lipinski definition) is 3. The second-order valence-electron chi connectivity index (χ2n) is 4.90. The van der Waals surface area contributed by atoms with Crippen molar-refractivity contribution in [3.8, 4) is 0 Å². The Labute approximate surface area is 155 Å². The van der Waals surface area contributed by atoms with Crippen molar-refractivity contribution < 1.29 is 13.2 Å². The Morgan fingerprint density at radius 2 is 1.79 bits per heavy atom. The van der Waals surface area contributed by atoms with Crippen molar-refractivity contribution in [3.05, 3.63) is 57.5 Å². The zero-order valence-corrected chi connectivity index (χ0v) is 15.5. The van der Waals surface area contributed by atoms with Crippen LogP contribution in [0.2, 0.25) is 15.1 Å². The summed E-state index contributed by atoms with van der Waals surface area (Å²) in [5.41, 5.74) is 0.589. The molecule has 1 N–H and O–H groups in total. The van der Waals surface area contributed by atoms with Crippen LogP contribution >= 0.6 is 34.8 Å². The zero-order valence-electron chi connectivity index (χ0n) is 12.5. The van der Waals surface area contributed by atoms with Crippen molar-refractivity contribution in [2.75, 3.05) is 22.4 Å². The maximum Gasteiger partial charge on any atom is 0.245 e. The average Bonchev–Trinajstić information content (AvgIpc) is 2.47. The molecule has 0 aliphatic carbocycles. The van der Waals surface area contributed by atoms with Gasteiger partial charge in [-0.3, -0.25) is 9.10 Å². The molecule has 1 amide bonds. The van der Waals surface area contributed by atoms with Gasteiger partial charge in [-0.2, -0.15) is 0 Å². The second-order valence-corrected chi connectivity index (χ2v) is 8.03. The van der Waals surface area contributed by atoms with Crippen molar-refractivity contribution >= 4 is 62.1 Å². The van der Waals surface area contributed by atoms with Crippen LogP contribution in [0.5, 0.6) is 0 Å². The van der Waals surface area contributed by atoms with Crippen molar-refractivity contribution in [1.82, 2.24) is 0 Å². The van der Waals surface area contributed by atoms with Crippen LogP contribution in [0.15, 0.2) is 42.5 Å². The van der Waals surface area contributed by atoms with Crippen molar-refractivity contribution in [2.45, 2.75) is 0 Å². The minimum absolute atomic E-state index is 0.0557. The lowest BCUT2D eigenvalue weighted by atomic mass is 10.3. The predicted molar refractivity (Wildman–Crippen MR) is 98.7 cm³/mol. The number of nitrogens with zero attached hydrogens (tertiary/aromatic N) is 1. The summed E-state index contributed by atoms with van der Waals surface area (Å²) in [6, 6.07) is 11.1. The third-order valence-corrected chi connectivity index (χ3v) is 5.17. The SMILES string of the molecule is CS(=O)(=O)N(CC(=O)Nc1cccc(Cl)c1)c1cccc(Cl)c1Cl. The first-order chi connectivity index (χ1) is 11.2. The number of rotatable bonds is 5. The van der Waals surface area contributed by atoms with E-state index in [9.17, 15) is 13.2 Å². The van der Waals surface area contributed by atoms with E-state index in [1.807, 2.05) is 0 Å². The third-order valence-electron chi connectivity index (χ3n) is 3.00. The van der Waals surface area contributed by atoms with Gasteiger partial charge in [-0.15, -0.1) is 0 Å². The molecule has 9 heteroatoms. The Morgan fingerprint density at radius 1 is 1.12 bits per heavy atom. The van der Waals surface area contributed by atoms with Crippen LogP contribution in [0.25, 0.3) is 0 Å². The highest BCUT2D eigenvalue weighted by molar-refractivity contribution is 7.92. The van der Waals surface area contributed by atoms with Crippen molar-refractivity contribution in [2.24, 2.45) is 0 Å². The van der Waals surface area contributed by atoms with E-state index in [-0.39, 0.29) is 15.7 Å². The van der Waals surface area contributed by atoms with E-state index in [0.717, 1.165) is 10.6 Å². The fraction of sp³-hybridized carbons (Fsp3) is 0.133. The summed E-state index contributed by atoms with van der Waals surface area (Å²) in [6.45, 7) is -0.453. The number of nitrogens with one attached hydrogen (secondary N) is 1. The predicted octanol–water partition coefficient (Wildman–Crippen LogP) is 4.05. The molecule has 24 heavy (non-hydrogen) atoms. The van der Waals surface area contributed by atoms with Crippen LogP contribution in [-0.2, 0) is 14.8 Å². The van der Waals surface area contributed by atoms with Gasteiger partial charge in [0.1, 0.15) is 6.54 Å². The quantitative estimate of drug-likeness (QED) is 0.813. The molecule has 0 radical (unpaired) electrons. The molecule has 2 rings (SSSR count). The Balaban J connectivity index is 2.27. The monoisotopic (exact) mass is 406 g/mol. The number of amides is 1. The van der Waals surface area contributed by atoms with Gasteiger partial charge in [-0.1, -0.05) is 46.9 Å². The summed E-state index contributed by atoms with van der Waals surface area (Å²) in [7, 11) is -3.75. The third kappa shape index (κ3) is 4.77. The molecule has 0 heterocycles. The van der Waals surface area contributed by atoms with Gasteiger partial charge in [0.2, 0.25) is 15.9 Å². The molecular formula is C15H13Cl3N2O3S. The summed E-state index contributed by atoms with van der Waals surface area (Å²) >= 11 is 17.8. The van der Waals surface area contributed by atoms with Gasteiger partial charge in [-0.05, 0) is 30.3 Å². The molecule has 0 saturated heterocycles. The van der Waals surface area contributed by atoms with Gasteiger partial charge in [0.05, 0.1) is 22.0 Å². The van der Waals surface area contributed by atoms with Gasteiger partial charge in [0.25, 0.3) is 0 Å². The van der Waals surface area contributed by atoms with E-state index >= 15 is 0 Å². The fourth-order valence-corrected chi connectivity index (χ4v) is 3.46. The van der Waals surface area contributed by atoms with E-state index < -0.39 is 22.5 Å². The maximum absolute atomic E-state index is 12.2. The van der Waals surface area contributed by atoms with Crippen LogP contribution in [-0.4, -0.2) is 27.1 Å². The Morgan fingerprint density at radius 3 is 2.42 bits per heavy atom. The number of sulfonamides is 1. The molecule has 0 aliphatic heterocycles. The molecule has 0 unspecified atom stereocenters. The van der Waals surface area contributed by atoms with E-state index in [2.05, 4.69) is 5.32 Å².